The molecule has 0 radical (unpaired) electrons. The number of anilines is 1. The van der Waals surface area contributed by atoms with Crippen LogP contribution in [0.15, 0.2) is 47.4 Å². The highest BCUT2D eigenvalue weighted by atomic mass is 32.2. The lowest BCUT2D eigenvalue weighted by atomic mass is 10.1. The Labute approximate surface area is 212 Å². The van der Waals surface area contributed by atoms with Gasteiger partial charge < -0.3 is 30.7 Å². The number of likely N-dealkylation sites (N-methyl/N-ethyl adjacent to an activating group) is 1. The van der Waals surface area contributed by atoms with Crippen LogP contribution in [-0.2, 0) is 27.2 Å². The van der Waals surface area contributed by atoms with Gasteiger partial charge in [0.1, 0.15) is 5.75 Å². The van der Waals surface area contributed by atoms with Gasteiger partial charge in [0.15, 0.2) is 5.62 Å². The van der Waals surface area contributed by atoms with Crippen LogP contribution in [-0.4, -0.2) is 86.5 Å². The quantitative estimate of drug-likeness (QED) is 0.0995. The van der Waals surface area contributed by atoms with Crippen molar-refractivity contribution >= 4 is 29.0 Å². The largest absolute Gasteiger partial charge is 0.506 e. The molecule has 9 heteroatoms. The van der Waals surface area contributed by atoms with Crippen LogP contribution in [0.25, 0.3) is 0 Å². The summed E-state index contributed by atoms with van der Waals surface area (Å²) in [6.45, 7) is 4.38. The minimum atomic E-state index is -0.0230. The molecule has 0 fully saturated rings. The van der Waals surface area contributed by atoms with Crippen LogP contribution in [0.5, 0.6) is 5.75 Å². The number of rotatable bonds is 17. The maximum Gasteiger partial charge on any atom is 0.224 e. The third kappa shape index (κ3) is 10.7. The molecule has 2 aromatic rings. The van der Waals surface area contributed by atoms with E-state index >= 15 is 0 Å². The van der Waals surface area contributed by atoms with Crippen LogP contribution >= 0.6 is 11.8 Å². The number of hydrogen-bond acceptors (Lipinski definition) is 8. The summed E-state index contributed by atoms with van der Waals surface area (Å²) < 4.78 is 5.70. The number of nitrogens with one attached hydrogen (secondary N) is 1. The smallest absolute Gasteiger partial charge is 0.224 e. The molecule has 0 spiro atoms. The summed E-state index contributed by atoms with van der Waals surface area (Å²) in [5, 5.41) is 13.2. The molecule has 0 aliphatic heterocycles. The highest BCUT2D eigenvalue weighted by molar-refractivity contribution is 8.12. The van der Waals surface area contributed by atoms with Gasteiger partial charge >= 0.3 is 0 Å². The zero-order valence-electron chi connectivity index (χ0n) is 20.7. The lowest BCUT2D eigenvalue weighted by Crippen LogP contribution is -2.41. The van der Waals surface area contributed by atoms with Gasteiger partial charge in [0.05, 0.1) is 25.3 Å². The Morgan fingerprint density at radius 1 is 1.06 bits per heavy atom. The topological polar surface area (TPSA) is 108 Å². The zero-order chi connectivity index (χ0) is 25.5. The van der Waals surface area contributed by atoms with Crippen LogP contribution in [0.4, 0.5) is 5.69 Å². The first kappa shape index (κ1) is 28.6. The highest BCUT2D eigenvalue weighted by Crippen LogP contribution is 2.34. The van der Waals surface area contributed by atoms with E-state index < -0.39 is 0 Å². The van der Waals surface area contributed by atoms with E-state index in [0.29, 0.717) is 62.7 Å². The Morgan fingerprint density at radius 2 is 1.83 bits per heavy atom. The summed E-state index contributed by atoms with van der Waals surface area (Å²) in [4.78, 5) is 28.3. The molecule has 0 bridgehead atoms. The monoisotopic (exact) mass is 502 g/mol. The van der Waals surface area contributed by atoms with Crippen molar-refractivity contribution in [2.24, 2.45) is 0 Å². The predicted octanol–water partition coefficient (Wildman–Crippen LogP) is 2.43. The second-order valence-corrected chi connectivity index (χ2v) is 9.32. The molecular formula is C26H38N4O4S. The van der Waals surface area contributed by atoms with Crippen molar-refractivity contribution < 1.29 is 19.4 Å². The zero-order valence-corrected chi connectivity index (χ0v) is 21.6. The number of hydrogen-bond donors (Lipinski definition) is 3. The maximum atomic E-state index is 12.8. The molecule has 0 aliphatic carbocycles. The second-order valence-electron chi connectivity index (χ2n) is 8.48. The number of phenolic OH excluding ortho intramolecular Hbond substituents is 1. The van der Waals surface area contributed by atoms with Crippen molar-refractivity contribution in [3.8, 4) is 5.75 Å². The van der Waals surface area contributed by atoms with Crippen LogP contribution in [0, 0.1) is 0 Å². The van der Waals surface area contributed by atoms with Crippen LogP contribution in [0.1, 0.15) is 17.5 Å². The van der Waals surface area contributed by atoms with E-state index in [1.165, 1.54) is 5.56 Å². The number of carbonyl (C=O) groups excluding carboxylic acids is 2. The molecule has 0 unspecified atom stereocenters. The lowest BCUT2D eigenvalue weighted by Gasteiger charge is -2.25. The van der Waals surface area contributed by atoms with Crippen molar-refractivity contribution in [3.63, 3.8) is 0 Å². The Kier molecular flexibility index (Phi) is 13.2. The Balaban J connectivity index is 1.74. The molecule has 192 valence electrons. The first-order valence-corrected chi connectivity index (χ1v) is 12.8. The van der Waals surface area contributed by atoms with Crippen LogP contribution in [0.3, 0.4) is 0 Å². The van der Waals surface area contributed by atoms with Gasteiger partial charge in [-0.15, -0.1) is 0 Å². The van der Waals surface area contributed by atoms with Gasteiger partial charge in [0.25, 0.3) is 0 Å². The van der Waals surface area contributed by atoms with Crippen molar-refractivity contribution in [3.05, 3.63) is 53.6 Å². The number of phenols is 1. The molecule has 0 heterocycles. The molecule has 35 heavy (non-hydrogen) atoms. The first-order chi connectivity index (χ1) is 16.9. The molecule has 2 aromatic carbocycles. The lowest BCUT2D eigenvalue weighted by molar-refractivity contribution is -0.132. The molecule has 0 saturated heterocycles. The fraction of sp³-hybridized carbons (Fsp3) is 0.462. The second kappa shape index (κ2) is 16.1. The Hall–Kier alpha value is -2.59. The third-order valence-corrected chi connectivity index (χ3v) is 6.37. The van der Waals surface area contributed by atoms with Crippen molar-refractivity contribution in [1.82, 2.24) is 15.1 Å². The first-order valence-electron chi connectivity index (χ1n) is 11.9. The standard InChI is InChI=1S/C26H38N4O4S/c1-29(2)16-17-30(24(33)12-19-34-18-11-21-6-4-3-5-7-21)15-14-28-13-10-22-8-9-23(32)25(27)26(22)35-20-31/h3-9,20,28,32H,10-19,27H2,1-2H3. The number of ether oxygens (including phenoxy) is 1. The average Bonchev–Trinajstić information content (AvgIpc) is 2.85. The number of thioether (sulfide) groups is 1. The van der Waals surface area contributed by atoms with E-state index in [-0.39, 0.29) is 17.3 Å². The summed E-state index contributed by atoms with van der Waals surface area (Å²) in [5.74, 6) is 0.0643. The minimum absolute atomic E-state index is 0.0230. The van der Waals surface area contributed by atoms with E-state index in [1.54, 1.807) is 12.1 Å². The van der Waals surface area contributed by atoms with Gasteiger partial charge in [-0.25, -0.2) is 0 Å². The summed E-state index contributed by atoms with van der Waals surface area (Å²) in [6.07, 6.45) is 1.85. The molecule has 8 nitrogen and oxygen atoms in total. The minimum Gasteiger partial charge on any atom is -0.506 e. The number of benzene rings is 2. The molecule has 1 amide bonds. The van der Waals surface area contributed by atoms with Gasteiger partial charge in [-0.2, -0.15) is 0 Å². The van der Waals surface area contributed by atoms with E-state index in [0.717, 1.165) is 30.3 Å². The van der Waals surface area contributed by atoms with Gasteiger partial charge in [-0.1, -0.05) is 48.2 Å². The number of carbonyl (C=O) groups is 2. The normalized spacial score (nSPS) is 11.1. The van der Waals surface area contributed by atoms with Crippen LogP contribution in [0.2, 0.25) is 0 Å². The fourth-order valence-electron chi connectivity index (χ4n) is 3.52. The van der Waals surface area contributed by atoms with E-state index in [1.807, 2.05) is 37.2 Å². The summed E-state index contributed by atoms with van der Waals surface area (Å²) in [5.41, 5.74) is 8.98. The SMILES string of the molecule is CN(C)CCN(CCNCCc1ccc(O)c(N)c1SC=O)C(=O)CCOCCc1ccccc1. The molecule has 0 aliphatic rings. The number of nitrogens with zero attached hydrogens (tertiary/aromatic N) is 2. The number of nitrogens with two attached hydrogens (primary N) is 1. The molecule has 0 aromatic heterocycles. The third-order valence-electron chi connectivity index (χ3n) is 5.56. The molecular weight excluding hydrogens is 464 g/mol. The van der Waals surface area contributed by atoms with Gasteiger partial charge in [-0.3, -0.25) is 9.59 Å². The van der Waals surface area contributed by atoms with Gasteiger partial charge in [-0.05, 0) is 50.7 Å². The Morgan fingerprint density at radius 3 is 2.54 bits per heavy atom. The molecule has 4 N–H and O–H groups in total. The molecule has 0 atom stereocenters. The van der Waals surface area contributed by atoms with E-state index in [9.17, 15) is 14.7 Å². The number of nitrogen functional groups attached to an aromatic ring is 1. The van der Waals surface area contributed by atoms with Gasteiger partial charge in [0, 0.05) is 31.1 Å². The highest BCUT2D eigenvalue weighted by Gasteiger charge is 2.14. The number of amides is 1. The molecule has 2 rings (SSSR count). The van der Waals surface area contributed by atoms with Crippen LogP contribution < -0.4 is 11.1 Å². The number of aromatic hydroxyl groups is 1. The fourth-order valence-corrected chi connectivity index (χ4v) is 4.17. The average molecular weight is 503 g/mol. The Bertz CT molecular complexity index is 912. The van der Waals surface area contributed by atoms with Crippen molar-refractivity contribution in [2.75, 3.05) is 65.8 Å². The van der Waals surface area contributed by atoms with Crippen molar-refractivity contribution in [1.29, 1.82) is 0 Å². The van der Waals surface area contributed by atoms with E-state index in [4.69, 9.17) is 10.5 Å². The summed E-state index contributed by atoms with van der Waals surface area (Å²) in [6, 6.07) is 13.5. The van der Waals surface area contributed by atoms with Crippen molar-refractivity contribution in [2.45, 2.75) is 24.2 Å². The maximum absolute atomic E-state index is 12.8. The summed E-state index contributed by atoms with van der Waals surface area (Å²) >= 11 is 0.971. The summed E-state index contributed by atoms with van der Waals surface area (Å²) in [7, 11) is 3.98. The van der Waals surface area contributed by atoms with E-state index in [2.05, 4.69) is 22.3 Å². The molecule has 0 saturated carbocycles. The predicted molar refractivity (Wildman–Crippen MR) is 142 cm³/mol. The van der Waals surface area contributed by atoms with Gasteiger partial charge in [0.2, 0.25) is 5.91 Å².